The average molecular weight is 473 g/mol. The van der Waals surface area contributed by atoms with E-state index in [9.17, 15) is 4.79 Å². The van der Waals surface area contributed by atoms with Gasteiger partial charge in [-0.2, -0.15) is 0 Å². The fourth-order valence-corrected chi connectivity index (χ4v) is 4.11. The molecule has 0 radical (unpaired) electrons. The summed E-state index contributed by atoms with van der Waals surface area (Å²) in [5, 5.41) is 1.36. The van der Waals surface area contributed by atoms with E-state index >= 15 is 0 Å². The molecule has 8 heteroatoms. The number of hydrogen-bond acceptors (Lipinski definition) is 5. The Hall–Kier alpha value is -3.78. The van der Waals surface area contributed by atoms with Crippen molar-refractivity contribution in [2.75, 3.05) is 0 Å². The molecule has 1 aromatic carbocycles. The fourth-order valence-electron chi connectivity index (χ4n) is 4.11. The molecule has 0 aliphatic rings. The number of aryl methyl sites for hydroxylation is 1. The lowest BCUT2D eigenvalue weighted by Crippen LogP contribution is -2.38. The second kappa shape index (κ2) is 10.2. The number of benzene rings is 1. The van der Waals surface area contributed by atoms with Crippen LogP contribution in [0.1, 0.15) is 51.1 Å². The molecular weight excluding hydrogens is 440 g/mol. The summed E-state index contributed by atoms with van der Waals surface area (Å²) in [7, 11) is 1.96. The van der Waals surface area contributed by atoms with E-state index in [-0.39, 0.29) is 0 Å². The van der Waals surface area contributed by atoms with Crippen LogP contribution in [0.2, 0.25) is 0 Å². The zero-order valence-corrected chi connectivity index (χ0v) is 20.9. The molecule has 0 aliphatic heterocycles. The highest BCUT2D eigenvalue weighted by molar-refractivity contribution is 5.61. The SMILES string of the molecule is CCc1nccn1-c1ccc(-c2cnc([C@H](Cc3ccccn3)N(C=O)OC(C)(C)C)n2C)cc1. The Kier molecular flexibility index (Phi) is 7.12. The summed E-state index contributed by atoms with van der Waals surface area (Å²) in [6, 6.07) is 13.6. The zero-order chi connectivity index (χ0) is 25.0. The molecule has 0 spiro atoms. The molecule has 0 bridgehead atoms. The number of imidazole rings is 2. The molecule has 8 nitrogen and oxygen atoms in total. The largest absolute Gasteiger partial charge is 0.329 e. The summed E-state index contributed by atoms with van der Waals surface area (Å²) < 4.78 is 4.10. The monoisotopic (exact) mass is 472 g/mol. The van der Waals surface area contributed by atoms with Gasteiger partial charge in [0.25, 0.3) is 0 Å². The van der Waals surface area contributed by atoms with Crippen LogP contribution in [0.15, 0.2) is 67.3 Å². The van der Waals surface area contributed by atoms with Crippen LogP contribution in [0.25, 0.3) is 16.9 Å². The second-order valence-corrected chi connectivity index (χ2v) is 9.38. The standard InChI is InChI=1S/C27H32N6O2/c1-6-25-29-15-16-32(25)22-12-10-20(11-13-22)24-18-30-26(31(24)5)23(17-21-9-7-8-14-28-21)33(19-34)35-27(2,3)4/h7-16,18-19,23H,6,17H2,1-5H3/t23-/m0/s1. The number of carbonyl (C=O) groups is 1. The van der Waals surface area contributed by atoms with Crippen LogP contribution in [0.5, 0.6) is 0 Å². The number of amides is 1. The Balaban J connectivity index is 1.68. The van der Waals surface area contributed by atoms with Gasteiger partial charge in [-0.05, 0) is 50.6 Å². The minimum Gasteiger partial charge on any atom is -0.329 e. The van der Waals surface area contributed by atoms with Crippen molar-refractivity contribution in [3.63, 3.8) is 0 Å². The van der Waals surface area contributed by atoms with E-state index in [1.165, 1.54) is 5.06 Å². The number of nitrogens with zero attached hydrogens (tertiary/aromatic N) is 6. The Bertz CT molecular complexity index is 1260. The number of hydrogen-bond donors (Lipinski definition) is 0. The van der Waals surface area contributed by atoms with E-state index in [0.29, 0.717) is 12.2 Å². The van der Waals surface area contributed by atoms with E-state index in [2.05, 4.69) is 45.7 Å². The summed E-state index contributed by atoms with van der Waals surface area (Å²) in [6.45, 7) is 7.84. The van der Waals surface area contributed by atoms with E-state index in [1.54, 1.807) is 6.20 Å². The molecule has 0 aliphatic carbocycles. The van der Waals surface area contributed by atoms with Gasteiger partial charge in [-0.1, -0.05) is 25.1 Å². The summed E-state index contributed by atoms with van der Waals surface area (Å²) in [6.07, 6.45) is 9.43. The van der Waals surface area contributed by atoms with Crippen molar-refractivity contribution in [3.05, 3.63) is 84.6 Å². The highest BCUT2D eigenvalue weighted by atomic mass is 16.7. The predicted molar refractivity (Wildman–Crippen MR) is 135 cm³/mol. The first kappa shape index (κ1) is 24.3. The van der Waals surface area contributed by atoms with Crippen LogP contribution in [-0.4, -0.2) is 41.2 Å². The lowest BCUT2D eigenvalue weighted by atomic mass is 10.1. The van der Waals surface area contributed by atoms with Crippen LogP contribution in [-0.2, 0) is 29.5 Å². The maximum absolute atomic E-state index is 12.1. The number of pyridine rings is 1. The van der Waals surface area contributed by atoms with Gasteiger partial charge in [0.2, 0.25) is 6.41 Å². The third kappa shape index (κ3) is 5.49. The van der Waals surface area contributed by atoms with Gasteiger partial charge in [0, 0.05) is 49.9 Å². The molecule has 0 N–H and O–H groups in total. The van der Waals surface area contributed by atoms with Crippen LogP contribution in [0, 0.1) is 0 Å². The molecule has 0 saturated carbocycles. The second-order valence-electron chi connectivity index (χ2n) is 9.38. The van der Waals surface area contributed by atoms with Crippen LogP contribution < -0.4 is 0 Å². The lowest BCUT2D eigenvalue weighted by Gasteiger charge is -2.32. The molecule has 0 saturated heterocycles. The first-order chi connectivity index (χ1) is 16.8. The number of hydroxylamine groups is 2. The Morgan fingerprint density at radius 1 is 1.06 bits per heavy atom. The van der Waals surface area contributed by atoms with Crippen LogP contribution in [0.3, 0.4) is 0 Å². The molecule has 3 heterocycles. The third-order valence-electron chi connectivity index (χ3n) is 5.72. The molecule has 0 unspecified atom stereocenters. The summed E-state index contributed by atoms with van der Waals surface area (Å²) >= 11 is 0. The van der Waals surface area contributed by atoms with Crippen molar-refractivity contribution in [1.29, 1.82) is 0 Å². The smallest absolute Gasteiger partial charge is 0.234 e. The Morgan fingerprint density at radius 2 is 1.83 bits per heavy atom. The molecule has 0 fully saturated rings. The van der Waals surface area contributed by atoms with Gasteiger partial charge in [-0.25, -0.2) is 15.0 Å². The summed E-state index contributed by atoms with van der Waals surface area (Å²) in [5.41, 5.74) is 3.34. The molecule has 35 heavy (non-hydrogen) atoms. The van der Waals surface area contributed by atoms with Crippen LogP contribution >= 0.6 is 0 Å². The number of rotatable bonds is 9. The summed E-state index contributed by atoms with van der Waals surface area (Å²) in [4.78, 5) is 31.7. The van der Waals surface area contributed by atoms with Gasteiger partial charge in [0.05, 0.1) is 17.5 Å². The number of carbonyl (C=O) groups excluding carboxylic acids is 1. The highest BCUT2D eigenvalue weighted by Gasteiger charge is 2.29. The van der Waals surface area contributed by atoms with E-state index in [1.807, 2.05) is 69.2 Å². The minimum absolute atomic E-state index is 0.447. The topological polar surface area (TPSA) is 78.1 Å². The van der Waals surface area contributed by atoms with Gasteiger partial charge in [0.1, 0.15) is 17.7 Å². The first-order valence-electron chi connectivity index (χ1n) is 11.8. The minimum atomic E-state index is -0.544. The van der Waals surface area contributed by atoms with Gasteiger partial charge in [-0.15, -0.1) is 0 Å². The molecular formula is C27H32N6O2. The van der Waals surface area contributed by atoms with Crippen molar-refractivity contribution in [2.24, 2.45) is 7.05 Å². The zero-order valence-electron chi connectivity index (χ0n) is 20.9. The van der Waals surface area contributed by atoms with E-state index in [0.717, 1.165) is 41.3 Å². The van der Waals surface area contributed by atoms with Gasteiger partial charge in [0.15, 0.2) is 0 Å². The normalized spacial score (nSPS) is 12.5. The van der Waals surface area contributed by atoms with Crippen molar-refractivity contribution >= 4 is 6.41 Å². The van der Waals surface area contributed by atoms with Crippen molar-refractivity contribution < 1.29 is 9.63 Å². The third-order valence-corrected chi connectivity index (χ3v) is 5.72. The van der Waals surface area contributed by atoms with Gasteiger partial charge in [-0.3, -0.25) is 14.6 Å². The fraction of sp³-hybridized carbons (Fsp3) is 0.333. The maximum atomic E-state index is 12.1. The molecule has 182 valence electrons. The molecule has 3 aromatic heterocycles. The van der Waals surface area contributed by atoms with Crippen LogP contribution in [0.4, 0.5) is 0 Å². The van der Waals surface area contributed by atoms with Crippen molar-refractivity contribution in [1.82, 2.24) is 29.1 Å². The molecule has 1 atom stereocenters. The number of aromatic nitrogens is 5. The maximum Gasteiger partial charge on any atom is 0.234 e. The quantitative estimate of drug-likeness (QED) is 0.261. The van der Waals surface area contributed by atoms with E-state index in [4.69, 9.17) is 9.82 Å². The Morgan fingerprint density at radius 3 is 2.46 bits per heavy atom. The summed E-state index contributed by atoms with van der Waals surface area (Å²) in [5.74, 6) is 1.74. The van der Waals surface area contributed by atoms with Gasteiger partial charge >= 0.3 is 0 Å². The average Bonchev–Trinajstić information content (AvgIpc) is 3.48. The molecule has 4 aromatic rings. The molecule has 4 rings (SSSR count). The van der Waals surface area contributed by atoms with Gasteiger partial charge < -0.3 is 9.13 Å². The van der Waals surface area contributed by atoms with Crippen molar-refractivity contribution in [3.8, 4) is 16.9 Å². The lowest BCUT2D eigenvalue weighted by molar-refractivity contribution is -0.235. The molecule has 1 amide bonds. The predicted octanol–water partition coefficient (Wildman–Crippen LogP) is 4.70. The Labute approximate surface area is 206 Å². The van der Waals surface area contributed by atoms with Crippen molar-refractivity contribution in [2.45, 2.75) is 52.2 Å². The first-order valence-corrected chi connectivity index (χ1v) is 11.8. The highest BCUT2D eigenvalue weighted by Crippen LogP contribution is 2.29. The van der Waals surface area contributed by atoms with E-state index < -0.39 is 11.6 Å².